The van der Waals surface area contributed by atoms with Crippen molar-refractivity contribution in [1.29, 1.82) is 0 Å². The van der Waals surface area contributed by atoms with Crippen LogP contribution in [0.15, 0.2) is 18.3 Å². The van der Waals surface area contributed by atoms with Crippen LogP contribution >= 0.6 is 0 Å². The second kappa shape index (κ2) is 11.8. The van der Waals surface area contributed by atoms with Gasteiger partial charge in [0, 0.05) is 28.7 Å². The first-order chi connectivity index (χ1) is 16.4. The number of carboxylic acid groups (broad SMARTS) is 3. The first kappa shape index (κ1) is 27.8. The van der Waals surface area contributed by atoms with Crippen molar-refractivity contribution in [3.63, 3.8) is 0 Å². The Morgan fingerprint density at radius 2 is 1.60 bits per heavy atom. The summed E-state index contributed by atoms with van der Waals surface area (Å²) in [5.74, 6) is -5.34. The molecule has 1 aromatic heterocycles. The van der Waals surface area contributed by atoms with Crippen LogP contribution in [0.3, 0.4) is 0 Å². The molecule has 0 saturated heterocycles. The number of H-pyrrole nitrogens is 1. The third-order valence-electron chi connectivity index (χ3n) is 6.02. The van der Waals surface area contributed by atoms with Crippen LogP contribution in [0.25, 0.3) is 10.9 Å². The summed E-state index contributed by atoms with van der Waals surface area (Å²) in [4.78, 5) is 48.2. The van der Waals surface area contributed by atoms with Crippen molar-refractivity contribution < 1.29 is 39.6 Å². The van der Waals surface area contributed by atoms with Crippen LogP contribution in [0, 0.1) is 0 Å². The fraction of sp³-hybridized carbons (Fsp3) is 0.500. The molecule has 11 heteroatoms. The number of aromatic amines is 1. The number of primary amides is 1. The Labute approximate surface area is 202 Å². The number of nitrogens with zero attached hydrogens (tertiary/aromatic N) is 1. The number of nitrogens with one attached hydrogen (secondary N) is 1. The molecule has 0 fully saturated rings. The molecule has 1 aliphatic carbocycles. The number of carboxylic acids is 3. The minimum absolute atomic E-state index is 0.317. The molecule has 192 valence electrons. The average molecular weight is 492 g/mol. The lowest BCUT2D eigenvalue weighted by Crippen LogP contribution is -2.42. The Morgan fingerprint density at radius 1 is 1.03 bits per heavy atom. The molecule has 1 atom stereocenters. The maximum atomic E-state index is 11.8. The van der Waals surface area contributed by atoms with Crippen molar-refractivity contribution >= 4 is 34.7 Å². The minimum Gasteiger partial charge on any atom is -0.481 e. The second-order valence-electron chi connectivity index (χ2n) is 8.77. The fourth-order valence-electron chi connectivity index (χ4n) is 4.56. The zero-order valence-electron chi connectivity index (χ0n) is 19.9. The van der Waals surface area contributed by atoms with E-state index in [9.17, 15) is 19.2 Å². The van der Waals surface area contributed by atoms with Gasteiger partial charge in [-0.25, -0.2) is 4.79 Å². The Hall–Kier alpha value is -3.44. The van der Waals surface area contributed by atoms with Gasteiger partial charge < -0.3 is 31.1 Å². The highest BCUT2D eigenvalue weighted by atomic mass is 16.4. The zero-order chi connectivity index (χ0) is 26.3. The topological polar surface area (TPSA) is 194 Å². The number of hydrogen-bond acceptors (Lipinski definition) is 6. The lowest BCUT2D eigenvalue weighted by Gasteiger charge is -2.34. The van der Waals surface area contributed by atoms with Crippen molar-refractivity contribution in [1.82, 2.24) is 9.88 Å². The summed E-state index contributed by atoms with van der Waals surface area (Å²) >= 11 is 0. The molecule has 0 bridgehead atoms. The largest absolute Gasteiger partial charge is 0.481 e. The Morgan fingerprint density at radius 3 is 2.06 bits per heavy atom. The average Bonchev–Trinajstić information content (AvgIpc) is 3.17. The van der Waals surface area contributed by atoms with E-state index >= 15 is 0 Å². The molecule has 3 rings (SSSR count). The summed E-state index contributed by atoms with van der Waals surface area (Å²) in [5.41, 5.74) is 7.12. The predicted molar refractivity (Wildman–Crippen MR) is 127 cm³/mol. The van der Waals surface area contributed by atoms with Crippen molar-refractivity contribution in [2.24, 2.45) is 5.73 Å². The van der Waals surface area contributed by atoms with Crippen LogP contribution in [0.2, 0.25) is 0 Å². The number of carbonyl (C=O) groups excluding carboxylic acids is 1. The van der Waals surface area contributed by atoms with Crippen molar-refractivity contribution in [2.45, 2.75) is 64.0 Å². The molecule has 1 aliphatic rings. The highest BCUT2D eigenvalue weighted by Gasteiger charge is 2.40. The van der Waals surface area contributed by atoms with Gasteiger partial charge in [-0.3, -0.25) is 19.3 Å². The lowest BCUT2D eigenvalue weighted by atomic mass is 9.85. The third kappa shape index (κ3) is 6.80. The maximum absolute atomic E-state index is 11.8. The molecule has 0 radical (unpaired) electrons. The van der Waals surface area contributed by atoms with Gasteiger partial charge in [0.2, 0.25) is 5.91 Å². The summed E-state index contributed by atoms with van der Waals surface area (Å²) in [5, 5.41) is 35.0. The highest BCUT2D eigenvalue weighted by molar-refractivity contribution is 6.01. The van der Waals surface area contributed by atoms with Crippen LogP contribution in [0.5, 0.6) is 0 Å². The summed E-state index contributed by atoms with van der Waals surface area (Å²) < 4.78 is 0. The molecule has 2 aromatic rings. The Kier molecular flexibility index (Phi) is 9.38. The first-order valence-corrected chi connectivity index (χ1v) is 11.5. The molecule has 1 aromatic carbocycles. The zero-order valence-corrected chi connectivity index (χ0v) is 19.9. The summed E-state index contributed by atoms with van der Waals surface area (Å²) in [7, 11) is 0. The number of aliphatic hydroxyl groups is 1. The Bertz CT molecular complexity index is 1070. The molecule has 35 heavy (non-hydrogen) atoms. The normalized spacial score (nSPS) is 14.9. The molecule has 0 saturated carbocycles. The number of rotatable bonds is 11. The number of aromatic nitrogens is 1. The number of benzene rings is 1. The molecule has 1 unspecified atom stereocenters. The smallest absolute Gasteiger partial charge is 0.336 e. The summed E-state index contributed by atoms with van der Waals surface area (Å²) in [6.45, 7) is 6.67. The molecule has 0 aliphatic heterocycles. The highest BCUT2D eigenvalue weighted by Crippen LogP contribution is 2.33. The van der Waals surface area contributed by atoms with Gasteiger partial charge >= 0.3 is 17.9 Å². The number of hydrogen-bond donors (Lipinski definition) is 6. The van der Waals surface area contributed by atoms with E-state index in [0.29, 0.717) is 11.6 Å². The van der Waals surface area contributed by atoms with Crippen LogP contribution < -0.4 is 5.73 Å². The van der Waals surface area contributed by atoms with Crippen molar-refractivity contribution in [2.75, 3.05) is 13.1 Å². The number of amides is 1. The van der Waals surface area contributed by atoms with Gasteiger partial charge in [0.05, 0.1) is 12.8 Å². The van der Waals surface area contributed by atoms with Gasteiger partial charge in [0.25, 0.3) is 0 Å². The van der Waals surface area contributed by atoms with Crippen LogP contribution in [0.4, 0.5) is 0 Å². The molecular formula is C24H33N3O8. The monoisotopic (exact) mass is 491 g/mol. The van der Waals surface area contributed by atoms with Crippen molar-refractivity contribution in [3.8, 4) is 0 Å². The van der Waals surface area contributed by atoms with Gasteiger partial charge in [-0.2, -0.15) is 0 Å². The fourth-order valence-corrected chi connectivity index (χ4v) is 4.56. The van der Waals surface area contributed by atoms with E-state index in [4.69, 9.17) is 26.2 Å². The Balaban J connectivity index is 0.000000287. The van der Waals surface area contributed by atoms with Crippen LogP contribution in [-0.4, -0.2) is 78.9 Å². The van der Waals surface area contributed by atoms with Crippen LogP contribution in [0.1, 0.15) is 61.0 Å². The van der Waals surface area contributed by atoms with Crippen LogP contribution in [-0.2, 0) is 27.2 Å². The third-order valence-corrected chi connectivity index (χ3v) is 6.02. The van der Waals surface area contributed by atoms with Gasteiger partial charge in [-0.1, -0.05) is 13.8 Å². The number of carbonyl (C=O) groups is 4. The van der Waals surface area contributed by atoms with E-state index in [1.54, 1.807) is 0 Å². The standard InChI is InChI=1S/C18H25N3O.C6H8O7/c1-3-7-21(8-4-2)13-9-12-11-20-16-6-5-14(18(19)22)15(10-13)17(12)16;7-3(8)1-6(13,5(11)12)2-4(9)10/h5-6,11,13,20H,3-4,7-10H2,1-2H3,(H2,19,22);13H,1-2H2,(H,7,8)(H,9,10)(H,11,12). The van der Waals surface area contributed by atoms with Gasteiger partial charge in [0.15, 0.2) is 5.60 Å². The SMILES string of the molecule is CCCN(CCC)C1Cc2c[nH]c3ccc(C(N)=O)c(c23)C1.O=C(O)CC(O)(CC(=O)O)C(=O)O. The molecule has 0 spiro atoms. The first-order valence-electron chi connectivity index (χ1n) is 11.5. The summed E-state index contributed by atoms with van der Waals surface area (Å²) in [6.07, 6.45) is 4.09. The van der Waals surface area contributed by atoms with E-state index in [1.807, 2.05) is 12.1 Å². The maximum Gasteiger partial charge on any atom is 0.336 e. The van der Waals surface area contributed by atoms with E-state index in [1.165, 1.54) is 10.9 Å². The number of nitrogens with two attached hydrogens (primary N) is 1. The summed E-state index contributed by atoms with van der Waals surface area (Å²) in [6, 6.07) is 4.30. The van der Waals surface area contributed by atoms with Gasteiger partial charge in [0.1, 0.15) is 0 Å². The predicted octanol–water partition coefficient (Wildman–Crippen LogP) is 1.61. The molecule has 11 nitrogen and oxygen atoms in total. The van der Waals surface area contributed by atoms with Gasteiger partial charge in [-0.05, 0) is 62.0 Å². The quantitative estimate of drug-likeness (QED) is 0.271. The van der Waals surface area contributed by atoms with Crippen molar-refractivity contribution in [3.05, 3.63) is 35.0 Å². The molecule has 1 heterocycles. The van der Waals surface area contributed by atoms with E-state index < -0.39 is 36.4 Å². The molecule has 1 amide bonds. The second-order valence-corrected chi connectivity index (χ2v) is 8.77. The number of aliphatic carboxylic acids is 3. The van der Waals surface area contributed by atoms with E-state index in [-0.39, 0.29) is 5.91 Å². The molecular weight excluding hydrogens is 458 g/mol. The van der Waals surface area contributed by atoms with E-state index in [2.05, 4.69) is 29.9 Å². The minimum atomic E-state index is -2.74. The molecule has 7 N–H and O–H groups in total. The lowest BCUT2D eigenvalue weighted by molar-refractivity contribution is -0.170. The van der Waals surface area contributed by atoms with E-state index in [0.717, 1.165) is 49.9 Å². The van der Waals surface area contributed by atoms with Gasteiger partial charge in [-0.15, -0.1) is 0 Å².